The van der Waals surface area contributed by atoms with Crippen molar-refractivity contribution in [3.63, 3.8) is 0 Å². The lowest BCUT2D eigenvalue weighted by Crippen LogP contribution is -2.48. The Bertz CT molecular complexity index is 658. The van der Waals surface area contributed by atoms with Crippen LogP contribution in [0.25, 0.3) is 0 Å². The predicted molar refractivity (Wildman–Crippen MR) is 86.1 cm³/mol. The van der Waals surface area contributed by atoms with Crippen molar-refractivity contribution in [2.45, 2.75) is 19.4 Å². The number of amides is 2. The smallest absolute Gasteiger partial charge is 0.274 e. The van der Waals surface area contributed by atoms with Crippen LogP contribution in [-0.2, 0) is 14.3 Å². The molecule has 1 atom stereocenters. The van der Waals surface area contributed by atoms with Crippen molar-refractivity contribution >= 4 is 11.8 Å². The van der Waals surface area contributed by atoms with Crippen molar-refractivity contribution < 1.29 is 15.7 Å². The summed E-state index contributed by atoms with van der Waals surface area (Å²) < 4.78 is 13.5. The Morgan fingerprint density at radius 3 is 2.83 bits per heavy atom. The van der Waals surface area contributed by atoms with E-state index in [4.69, 9.17) is 6.15 Å². The highest BCUT2D eigenvalue weighted by atomic mass is 16.5. The number of nitrogens with zero attached hydrogens (tertiary/aromatic N) is 3. The Morgan fingerprint density at radius 1 is 1.29 bits per heavy atom. The van der Waals surface area contributed by atoms with E-state index in [1.807, 2.05) is 13.0 Å². The highest BCUT2D eigenvalue weighted by Gasteiger charge is 2.43. The van der Waals surface area contributed by atoms with E-state index < -0.39 is 0 Å². The molecule has 0 radical (unpaired) electrons. The minimum Gasteiger partial charge on any atom is -0.379 e. The second-order valence-electron chi connectivity index (χ2n) is 6.42. The molecule has 8 heteroatoms. The molecule has 4 aliphatic rings. The van der Waals surface area contributed by atoms with E-state index >= 15 is 0 Å². The largest absolute Gasteiger partial charge is 0.379 e. The van der Waals surface area contributed by atoms with Gasteiger partial charge in [-0.25, -0.2) is 10.4 Å². The average Bonchev–Trinajstić information content (AvgIpc) is 3.12. The second kappa shape index (κ2) is 6.19. The molecule has 0 aromatic rings. The molecule has 4 aliphatic heterocycles. The Kier molecular flexibility index (Phi) is 3.73. The number of nitrogens with one attached hydrogen (secondary N) is 2. The lowest BCUT2D eigenvalue weighted by Gasteiger charge is -2.28. The number of hydrogen-bond donors (Lipinski definition) is 2. The summed E-state index contributed by atoms with van der Waals surface area (Å²) in [6, 6.07) is -0.154. The van der Waals surface area contributed by atoms with Crippen molar-refractivity contribution in [2.24, 2.45) is 0 Å². The zero-order valence-electron chi connectivity index (χ0n) is 14.8. The summed E-state index contributed by atoms with van der Waals surface area (Å²) in [5.41, 5.74) is 2.02. The summed E-state index contributed by atoms with van der Waals surface area (Å²) in [6.45, 7) is 6.83. The average molecular weight is 334 g/mol. The number of morpholine rings is 1. The first-order chi connectivity index (χ1) is 12.1. The van der Waals surface area contributed by atoms with Gasteiger partial charge in [-0.05, 0) is 12.5 Å². The molecule has 1 unspecified atom stereocenters. The van der Waals surface area contributed by atoms with Gasteiger partial charge in [0.05, 0.1) is 25.3 Å². The fraction of sp³-hybridized carbons (Fsp3) is 0.625. The van der Waals surface area contributed by atoms with Crippen LogP contribution in [-0.4, -0.2) is 78.6 Å². The maximum atomic E-state index is 12.8. The predicted octanol–water partition coefficient (Wildman–Crippen LogP) is -1.02. The summed E-state index contributed by atoms with van der Waals surface area (Å²) in [6.07, 6.45) is 2.56. The van der Waals surface area contributed by atoms with Crippen LogP contribution in [0, 0.1) is 0 Å². The zero-order chi connectivity index (χ0) is 17.6. The van der Waals surface area contributed by atoms with E-state index in [0.29, 0.717) is 30.2 Å². The maximum absolute atomic E-state index is 12.8. The van der Waals surface area contributed by atoms with E-state index in [0.717, 1.165) is 39.3 Å². The number of hydrogen-bond acceptors (Lipinski definition) is 6. The monoisotopic (exact) mass is 334 g/mol. The van der Waals surface area contributed by atoms with E-state index in [1.165, 1.54) is 10.4 Å². The maximum Gasteiger partial charge on any atom is 0.274 e. The second-order valence-corrected chi connectivity index (χ2v) is 6.42. The van der Waals surface area contributed by atoms with Gasteiger partial charge in [0, 0.05) is 32.2 Å². The van der Waals surface area contributed by atoms with Crippen LogP contribution in [0.5, 0.6) is 0 Å². The summed E-state index contributed by atoms with van der Waals surface area (Å²) >= 11 is 0. The topological polar surface area (TPSA) is 77.1 Å². The van der Waals surface area contributed by atoms with Gasteiger partial charge in [-0.3, -0.25) is 14.5 Å². The Balaban J connectivity index is 1.44. The lowest BCUT2D eigenvalue weighted by molar-refractivity contribution is -0.129. The summed E-state index contributed by atoms with van der Waals surface area (Å²) in [4.78, 5) is 29.4. The highest BCUT2D eigenvalue weighted by molar-refractivity contribution is 6.10. The van der Waals surface area contributed by atoms with Crippen LogP contribution >= 0.6 is 0 Å². The van der Waals surface area contributed by atoms with E-state index in [1.54, 1.807) is 4.90 Å². The molecule has 0 saturated carbocycles. The molecule has 2 N–H and O–H groups in total. The van der Waals surface area contributed by atoms with Crippen molar-refractivity contribution in [1.82, 2.24) is 25.5 Å². The van der Waals surface area contributed by atoms with Crippen LogP contribution in [0.1, 0.15) is 13.3 Å². The van der Waals surface area contributed by atoms with Gasteiger partial charge in [0.2, 0.25) is 0 Å². The standard InChI is InChI=1S/C16H23N5O3/c1-2-11-9-13-17-14-12(15(22)21(13)18-11)10-20(16(14)23)4-3-19-5-7-24-8-6-19/h9,11,17-18H,2-8,10H2,1H3/i/hD. The van der Waals surface area contributed by atoms with Gasteiger partial charge < -0.3 is 15.0 Å². The van der Waals surface area contributed by atoms with Gasteiger partial charge in [0.15, 0.2) is 0 Å². The molecule has 0 aliphatic carbocycles. The fourth-order valence-corrected chi connectivity index (χ4v) is 3.41. The zero-order valence-corrected chi connectivity index (χ0v) is 13.8. The molecule has 0 bridgehead atoms. The van der Waals surface area contributed by atoms with Gasteiger partial charge >= 0.3 is 0 Å². The molecule has 24 heavy (non-hydrogen) atoms. The molecule has 2 amide bonds. The first kappa shape index (κ1) is 14.4. The molecular weight excluding hydrogens is 310 g/mol. The minimum absolute atomic E-state index is 0.131. The van der Waals surface area contributed by atoms with Crippen LogP contribution in [0.4, 0.5) is 0 Å². The van der Waals surface area contributed by atoms with Gasteiger partial charge in [-0.15, -0.1) is 0 Å². The van der Waals surface area contributed by atoms with E-state index in [9.17, 15) is 9.59 Å². The Hall–Kier alpha value is -1.90. The first-order valence-corrected chi connectivity index (χ1v) is 8.54. The van der Waals surface area contributed by atoms with Crippen molar-refractivity contribution in [3.05, 3.63) is 23.2 Å². The van der Waals surface area contributed by atoms with Gasteiger partial charge in [0.25, 0.3) is 11.8 Å². The van der Waals surface area contributed by atoms with Crippen molar-refractivity contribution in [2.75, 3.05) is 45.9 Å². The number of rotatable bonds is 4. The minimum atomic E-state index is -0.270. The molecule has 0 aromatic heterocycles. The Morgan fingerprint density at radius 2 is 2.08 bits per heavy atom. The van der Waals surface area contributed by atoms with Crippen molar-refractivity contribution in [3.8, 4) is 0 Å². The van der Waals surface area contributed by atoms with E-state index in [2.05, 4.69) is 10.2 Å². The number of ether oxygens (including phenoxy) is 1. The lowest BCUT2D eigenvalue weighted by atomic mass is 10.2. The molecule has 130 valence electrons. The number of fused-ring (bicyclic) bond motifs is 1. The van der Waals surface area contributed by atoms with Crippen molar-refractivity contribution in [1.29, 1.82) is 0 Å². The molecule has 0 spiro atoms. The molecule has 4 rings (SSSR count). The third-order valence-electron chi connectivity index (χ3n) is 4.91. The summed E-state index contributed by atoms with van der Waals surface area (Å²) in [5, 5.41) is 4.40. The third kappa shape index (κ3) is 2.60. The molecule has 1 fully saturated rings. The van der Waals surface area contributed by atoms with Crippen LogP contribution in [0.15, 0.2) is 23.2 Å². The summed E-state index contributed by atoms with van der Waals surface area (Å²) in [5.74, 6) is 0.121. The number of hydrazine groups is 1. The van der Waals surface area contributed by atoms with Crippen LogP contribution < -0.4 is 10.7 Å². The molecule has 8 nitrogen and oxygen atoms in total. The first-order valence-electron chi connectivity index (χ1n) is 8.98. The normalized spacial score (nSPS) is 28.8. The highest BCUT2D eigenvalue weighted by Crippen LogP contribution is 2.28. The van der Waals surface area contributed by atoms with Gasteiger partial charge in [-0.1, -0.05) is 6.92 Å². The van der Waals surface area contributed by atoms with Crippen LogP contribution in [0.2, 0.25) is 1.41 Å². The molecular formula is C16H23N5O3. The summed E-state index contributed by atoms with van der Waals surface area (Å²) in [7, 11) is 0. The number of carbonyl (C=O) groups is 2. The SMILES string of the molecule is [2H]N1C(CC)C=C2NC3=C(CN(CCN4CCOCC4)C3=O)C(=O)N21. The fourth-order valence-electron chi connectivity index (χ4n) is 3.41. The van der Waals surface area contributed by atoms with Gasteiger partial charge in [0.1, 0.15) is 12.9 Å². The number of carbonyl (C=O) groups excluding carboxylic acids is 2. The molecule has 4 heterocycles. The van der Waals surface area contributed by atoms with E-state index in [-0.39, 0.29) is 17.9 Å². The van der Waals surface area contributed by atoms with Crippen LogP contribution in [0.3, 0.4) is 0 Å². The molecule has 1 saturated heterocycles. The Labute approximate surface area is 142 Å². The van der Waals surface area contributed by atoms with Gasteiger partial charge in [-0.2, -0.15) is 0 Å². The quantitative estimate of drug-likeness (QED) is 0.686. The molecule has 0 aromatic carbocycles. The third-order valence-corrected chi connectivity index (χ3v) is 4.91.